The van der Waals surface area contributed by atoms with Crippen LogP contribution in [0.1, 0.15) is 12.0 Å². The van der Waals surface area contributed by atoms with Gasteiger partial charge in [-0.15, -0.1) is 0 Å². The number of anilines is 1. The Balaban J connectivity index is 2.92. The van der Waals surface area contributed by atoms with Crippen LogP contribution in [-0.4, -0.2) is 16.5 Å². The molecule has 1 aromatic rings. The van der Waals surface area contributed by atoms with Gasteiger partial charge in [-0.1, -0.05) is 23.2 Å². The Morgan fingerprint density at radius 2 is 1.69 bits per heavy atom. The van der Waals surface area contributed by atoms with Crippen LogP contribution in [0.3, 0.4) is 0 Å². The van der Waals surface area contributed by atoms with Gasteiger partial charge in [-0.3, -0.25) is 0 Å². The fraction of sp³-hybridized carbons (Fsp3) is 0.429. The lowest BCUT2D eigenvalue weighted by Gasteiger charge is -2.04. The SMILES string of the molecule is NCCCc1c(Cl)nc(N)nc1Cl. The van der Waals surface area contributed by atoms with E-state index in [1.54, 1.807) is 0 Å². The molecule has 0 bridgehead atoms. The van der Waals surface area contributed by atoms with E-state index >= 15 is 0 Å². The molecule has 0 spiro atoms. The highest BCUT2D eigenvalue weighted by atomic mass is 35.5. The van der Waals surface area contributed by atoms with E-state index in [2.05, 4.69) is 9.97 Å². The monoisotopic (exact) mass is 220 g/mol. The summed E-state index contributed by atoms with van der Waals surface area (Å²) in [5.41, 5.74) is 11.4. The third kappa shape index (κ3) is 2.69. The molecule has 0 aliphatic rings. The maximum atomic E-state index is 5.81. The summed E-state index contributed by atoms with van der Waals surface area (Å²) in [4.78, 5) is 7.59. The van der Waals surface area contributed by atoms with Crippen LogP contribution in [0, 0.1) is 0 Å². The van der Waals surface area contributed by atoms with Gasteiger partial charge in [0, 0.05) is 5.56 Å². The van der Waals surface area contributed by atoms with Gasteiger partial charge >= 0.3 is 0 Å². The lowest BCUT2D eigenvalue weighted by molar-refractivity contribution is 0.824. The van der Waals surface area contributed by atoms with Crippen LogP contribution in [0.2, 0.25) is 10.3 Å². The highest BCUT2D eigenvalue weighted by molar-refractivity contribution is 6.34. The molecule has 72 valence electrons. The summed E-state index contributed by atoms with van der Waals surface area (Å²) < 4.78 is 0. The van der Waals surface area contributed by atoms with E-state index in [1.165, 1.54) is 0 Å². The second kappa shape index (κ2) is 4.60. The predicted octanol–water partition coefficient (Wildman–Crippen LogP) is 1.26. The first-order valence-corrected chi connectivity index (χ1v) is 4.58. The Kier molecular flexibility index (Phi) is 3.71. The van der Waals surface area contributed by atoms with Gasteiger partial charge in [-0.05, 0) is 19.4 Å². The molecule has 0 saturated heterocycles. The summed E-state index contributed by atoms with van der Waals surface area (Å²) in [7, 11) is 0. The summed E-state index contributed by atoms with van der Waals surface area (Å²) in [6.07, 6.45) is 1.47. The lowest BCUT2D eigenvalue weighted by Crippen LogP contribution is -2.04. The molecule has 0 unspecified atom stereocenters. The van der Waals surface area contributed by atoms with E-state index in [-0.39, 0.29) is 5.95 Å². The largest absolute Gasteiger partial charge is 0.368 e. The zero-order chi connectivity index (χ0) is 9.84. The van der Waals surface area contributed by atoms with Crippen LogP contribution < -0.4 is 11.5 Å². The molecule has 1 rings (SSSR count). The number of aromatic nitrogens is 2. The van der Waals surface area contributed by atoms with E-state index in [4.69, 9.17) is 34.7 Å². The maximum absolute atomic E-state index is 5.81. The molecule has 0 atom stereocenters. The van der Waals surface area contributed by atoms with Gasteiger partial charge in [0.05, 0.1) is 0 Å². The third-order valence-electron chi connectivity index (χ3n) is 1.55. The summed E-state index contributed by atoms with van der Waals surface area (Å²) in [5, 5.41) is 0.622. The Morgan fingerprint density at radius 3 is 2.15 bits per heavy atom. The van der Waals surface area contributed by atoms with Crippen LogP contribution in [0.5, 0.6) is 0 Å². The topological polar surface area (TPSA) is 77.8 Å². The van der Waals surface area contributed by atoms with Crippen LogP contribution in [0.4, 0.5) is 5.95 Å². The maximum Gasteiger partial charge on any atom is 0.222 e. The molecule has 1 aromatic heterocycles. The third-order valence-corrected chi connectivity index (χ3v) is 2.18. The highest BCUT2D eigenvalue weighted by Gasteiger charge is 2.09. The molecule has 0 aliphatic heterocycles. The molecule has 13 heavy (non-hydrogen) atoms. The normalized spacial score (nSPS) is 10.4. The molecule has 4 N–H and O–H groups in total. The number of nitrogens with zero attached hydrogens (tertiary/aromatic N) is 2. The average Bonchev–Trinajstić information content (AvgIpc) is 2.02. The van der Waals surface area contributed by atoms with E-state index in [9.17, 15) is 0 Å². The minimum atomic E-state index is 0.0894. The molecule has 0 aliphatic carbocycles. The molecular formula is C7H10Cl2N4. The minimum Gasteiger partial charge on any atom is -0.368 e. The molecule has 6 heteroatoms. The summed E-state index contributed by atoms with van der Waals surface area (Å²) >= 11 is 11.6. The fourth-order valence-corrected chi connectivity index (χ4v) is 1.52. The summed E-state index contributed by atoms with van der Waals surface area (Å²) in [6.45, 7) is 0.580. The van der Waals surface area contributed by atoms with Crippen molar-refractivity contribution in [3.05, 3.63) is 15.9 Å². The smallest absolute Gasteiger partial charge is 0.222 e. The van der Waals surface area contributed by atoms with Crippen LogP contribution in [-0.2, 0) is 6.42 Å². The fourth-order valence-electron chi connectivity index (χ4n) is 0.931. The Morgan fingerprint density at radius 1 is 1.15 bits per heavy atom. The van der Waals surface area contributed by atoms with Crippen LogP contribution in [0.25, 0.3) is 0 Å². The summed E-state index contributed by atoms with van der Waals surface area (Å²) in [5.74, 6) is 0.0894. The quantitative estimate of drug-likeness (QED) is 0.753. The second-order valence-electron chi connectivity index (χ2n) is 2.53. The standard InChI is InChI=1S/C7H10Cl2N4/c8-5-4(2-1-3-10)6(9)13-7(11)12-5/h1-3,10H2,(H2,11,12,13). The van der Waals surface area contributed by atoms with Crippen molar-refractivity contribution in [1.29, 1.82) is 0 Å². The van der Waals surface area contributed by atoms with Crippen molar-refractivity contribution < 1.29 is 0 Å². The van der Waals surface area contributed by atoms with Gasteiger partial charge in [0.15, 0.2) is 0 Å². The number of nitrogens with two attached hydrogens (primary N) is 2. The van der Waals surface area contributed by atoms with Gasteiger partial charge in [-0.2, -0.15) is 0 Å². The van der Waals surface area contributed by atoms with E-state index in [1.807, 2.05) is 0 Å². The number of nitrogen functional groups attached to an aromatic ring is 1. The first-order chi connectivity index (χ1) is 6.15. The van der Waals surface area contributed by atoms with Crippen molar-refractivity contribution >= 4 is 29.2 Å². The van der Waals surface area contributed by atoms with Gasteiger partial charge in [0.1, 0.15) is 10.3 Å². The Bertz CT molecular complexity index is 280. The van der Waals surface area contributed by atoms with Crippen molar-refractivity contribution in [2.75, 3.05) is 12.3 Å². The molecule has 4 nitrogen and oxygen atoms in total. The van der Waals surface area contributed by atoms with Gasteiger partial charge in [-0.25, -0.2) is 9.97 Å². The van der Waals surface area contributed by atoms with E-state index in [0.29, 0.717) is 28.8 Å². The zero-order valence-electron chi connectivity index (χ0n) is 6.93. The van der Waals surface area contributed by atoms with Gasteiger partial charge in [0.2, 0.25) is 5.95 Å². The number of hydrogen-bond acceptors (Lipinski definition) is 4. The van der Waals surface area contributed by atoms with Gasteiger partial charge in [0.25, 0.3) is 0 Å². The number of halogens is 2. The Hall–Kier alpha value is -0.580. The van der Waals surface area contributed by atoms with Crippen molar-refractivity contribution in [3.8, 4) is 0 Å². The molecule has 0 saturated carbocycles. The summed E-state index contributed by atoms with van der Waals surface area (Å²) in [6, 6.07) is 0. The van der Waals surface area contributed by atoms with Crippen molar-refractivity contribution in [2.24, 2.45) is 5.73 Å². The van der Waals surface area contributed by atoms with Crippen molar-refractivity contribution in [1.82, 2.24) is 9.97 Å². The highest BCUT2D eigenvalue weighted by Crippen LogP contribution is 2.22. The van der Waals surface area contributed by atoms with E-state index in [0.717, 1.165) is 6.42 Å². The van der Waals surface area contributed by atoms with Crippen LogP contribution >= 0.6 is 23.2 Å². The van der Waals surface area contributed by atoms with Gasteiger partial charge < -0.3 is 11.5 Å². The zero-order valence-corrected chi connectivity index (χ0v) is 8.44. The molecule has 0 fully saturated rings. The van der Waals surface area contributed by atoms with E-state index < -0.39 is 0 Å². The Labute approximate surface area is 86.3 Å². The molecule has 0 aromatic carbocycles. The predicted molar refractivity (Wildman–Crippen MR) is 53.8 cm³/mol. The van der Waals surface area contributed by atoms with Crippen molar-refractivity contribution in [2.45, 2.75) is 12.8 Å². The lowest BCUT2D eigenvalue weighted by atomic mass is 10.2. The van der Waals surface area contributed by atoms with Crippen molar-refractivity contribution in [3.63, 3.8) is 0 Å². The minimum absolute atomic E-state index is 0.0894. The molecule has 1 heterocycles. The molecular weight excluding hydrogens is 211 g/mol. The number of hydrogen-bond donors (Lipinski definition) is 2. The molecule has 0 amide bonds. The number of rotatable bonds is 3. The second-order valence-corrected chi connectivity index (χ2v) is 3.25. The van der Waals surface area contributed by atoms with Crippen LogP contribution in [0.15, 0.2) is 0 Å². The first-order valence-electron chi connectivity index (χ1n) is 3.82. The average molecular weight is 221 g/mol. The first kappa shape index (κ1) is 10.5. The molecule has 0 radical (unpaired) electrons.